The number of amidine groups is 1. The van der Waals surface area contributed by atoms with E-state index in [1.165, 1.54) is 0 Å². The highest BCUT2D eigenvalue weighted by Gasteiger charge is 2.03. The average molecular weight is 160 g/mol. The number of nitrogen functional groups attached to an aromatic ring is 1. The van der Waals surface area contributed by atoms with E-state index in [2.05, 4.69) is 9.97 Å². The van der Waals surface area contributed by atoms with E-state index in [-0.39, 0.29) is 5.84 Å². The number of hydrogen-bond donors (Lipinski definition) is 3. The monoisotopic (exact) mass is 160 g/mol. The van der Waals surface area contributed by atoms with Gasteiger partial charge in [0.2, 0.25) is 0 Å². The summed E-state index contributed by atoms with van der Waals surface area (Å²) in [6.45, 7) is 0. The number of H-pyrrole nitrogens is 1. The van der Waals surface area contributed by atoms with Crippen molar-refractivity contribution in [1.82, 2.24) is 9.97 Å². The van der Waals surface area contributed by atoms with Gasteiger partial charge in [-0.1, -0.05) is 0 Å². The Bertz CT molecular complexity index is 429. The summed E-state index contributed by atoms with van der Waals surface area (Å²) in [7, 11) is 0. The van der Waals surface area contributed by atoms with E-state index in [9.17, 15) is 0 Å². The fourth-order valence-corrected chi connectivity index (χ4v) is 1.19. The van der Waals surface area contributed by atoms with Crippen molar-refractivity contribution in [3.8, 4) is 0 Å². The quantitative estimate of drug-likeness (QED) is 0.427. The molecule has 0 atom stereocenters. The van der Waals surface area contributed by atoms with Crippen LogP contribution in [0.25, 0.3) is 10.9 Å². The minimum Gasteiger partial charge on any atom is -0.384 e. The molecule has 0 saturated heterocycles. The summed E-state index contributed by atoms with van der Waals surface area (Å²) in [5.74, 6) is 0.0488. The molecule has 2 aromatic heterocycles. The molecule has 0 bridgehead atoms. The summed E-state index contributed by atoms with van der Waals surface area (Å²) in [5, 5.41) is 8.22. The second-order valence-corrected chi connectivity index (χ2v) is 2.54. The number of hydrogen-bond acceptors (Lipinski definition) is 2. The van der Waals surface area contributed by atoms with Crippen molar-refractivity contribution in [2.45, 2.75) is 0 Å². The van der Waals surface area contributed by atoms with Crippen molar-refractivity contribution in [2.24, 2.45) is 5.73 Å². The maximum atomic E-state index is 7.28. The summed E-state index contributed by atoms with van der Waals surface area (Å²) >= 11 is 0. The fourth-order valence-electron chi connectivity index (χ4n) is 1.19. The first-order chi connectivity index (χ1) is 5.79. The van der Waals surface area contributed by atoms with Crippen LogP contribution in [-0.4, -0.2) is 15.8 Å². The molecule has 2 heterocycles. The van der Waals surface area contributed by atoms with Crippen LogP contribution in [0.1, 0.15) is 5.56 Å². The molecule has 0 aliphatic carbocycles. The Morgan fingerprint density at radius 2 is 2.33 bits per heavy atom. The minimum absolute atomic E-state index is 0.0488. The molecule has 0 amide bonds. The van der Waals surface area contributed by atoms with Crippen LogP contribution >= 0.6 is 0 Å². The molecule has 4 N–H and O–H groups in total. The van der Waals surface area contributed by atoms with E-state index < -0.39 is 0 Å². The van der Waals surface area contributed by atoms with Gasteiger partial charge >= 0.3 is 0 Å². The highest BCUT2D eigenvalue weighted by Crippen LogP contribution is 2.14. The standard InChI is InChI=1S/C8H8N4/c9-8(10)6-3-11-4-7-5(6)1-2-12-7/h1-4,12H,(H3,9,10). The summed E-state index contributed by atoms with van der Waals surface area (Å²) < 4.78 is 0. The normalized spacial score (nSPS) is 10.3. The van der Waals surface area contributed by atoms with Gasteiger partial charge in [-0.3, -0.25) is 10.4 Å². The van der Waals surface area contributed by atoms with E-state index in [0.717, 1.165) is 10.9 Å². The fraction of sp³-hybridized carbons (Fsp3) is 0. The molecule has 2 rings (SSSR count). The van der Waals surface area contributed by atoms with E-state index in [1.54, 1.807) is 18.6 Å². The lowest BCUT2D eigenvalue weighted by molar-refractivity contribution is 1.31. The van der Waals surface area contributed by atoms with Gasteiger partial charge in [-0.15, -0.1) is 0 Å². The lowest BCUT2D eigenvalue weighted by Crippen LogP contribution is -2.11. The van der Waals surface area contributed by atoms with E-state index in [0.29, 0.717) is 5.56 Å². The van der Waals surface area contributed by atoms with Crippen molar-refractivity contribution in [2.75, 3.05) is 0 Å². The highest BCUT2D eigenvalue weighted by atomic mass is 14.8. The first-order valence-electron chi connectivity index (χ1n) is 3.54. The predicted octanol–water partition coefficient (Wildman–Crippen LogP) is 0.847. The zero-order valence-electron chi connectivity index (χ0n) is 6.33. The lowest BCUT2D eigenvalue weighted by atomic mass is 10.2. The van der Waals surface area contributed by atoms with Crippen molar-refractivity contribution in [1.29, 1.82) is 5.41 Å². The number of aromatic amines is 1. The van der Waals surface area contributed by atoms with Crippen LogP contribution in [-0.2, 0) is 0 Å². The van der Waals surface area contributed by atoms with Gasteiger partial charge in [-0.2, -0.15) is 0 Å². The number of nitrogens with two attached hydrogens (primary N) is 1. The number of aromatic nitrogens is 2. The number of nitrogens with one attached hydrogen (secondary N) is 2. The molecule has 0 aliphatic heterocycles. The molecule has 2 aromatic rings. The Balaban J connectivity index is 2.82. The third-order valence-corrected chi connectivity index (χ3v) is 1.77. The summed E-state index contributed by atoms with van der Waals surface area (Å²) in [4.78, 5) is 6.95. The summed E-state index contributed by atoms with van der Waals surface area (Å²) in [5.41, 5.74) is 6.95. The largest absolute Gasteiger partial charge is 0.384 e. The zero-order chi connectivity index (χ0) is 8.55. The molecule has 60 valence electrons. The van der Waals surface area contributed by atoms with Crippen LogP contribution in [0.5, 0.6) is 0 Å². The number of nitrogens with zero attached hydrogens (tertiary/aromatic N) is 1. The first kappa shape index (κ1) is 6.84. The Kier molecular flexibility index (Phi) is 1.33. The molecule has 0 aliphatic rings. The maximum absolute atomic E-state index is 7.28. The van der Waals surface area contributed by atoms with E-state index >= 15 is 0 Å². The van der Waals surface area contributed by atoms with Gasteiger partial charge in [-0.25, -0.2) is 0 Å². The van der Waals surface area contributed by atoms with Crippen molar-refractivity contribution < 1.29 is 0 Å². The average Bonchev–Trinajstić information content (AvgIpc) is 2.49. The smallest absolute Gasteiger partial charge is 0.125 e. The maximum Gasteiger partial charge on any atom is 0.125 e. The number of pyridine rings is 1. The van der Waals surface area contributed by atoms with Gasteiger partial charge in [0, 0.05) is 23.3 Å². The highest BCUT2D eigenvalue weighted by molar-refractivity contribution is 6.06. The second-order valence-electron chi connectivity index (χ2n) is 2.54. The van der Waals surface area contributed by atoms with Gasteiger partial charge in [0.25, 0.3) is 0 Å². The van der Waals surface area contributed by atoms with E-state index in [4.69, 9.17) is 11.1 Å². The molecule has 4 nitrogen and oxygen atoms in total. The number of rotatable bonds is 1. The number of fused-ring (bicyclic) bond motifs is 1. The van der Waals surface area contributed by atoms with Crippen LogP contribution in [0.2, 0.25) is 0 Å². The van der Waals surface area contributed by atoms with Crippen LogP contribution in [0.15, 0.2) is 24.7 Å². The Labute approximate surface area is 68.9 Å². The van der Waals surface area contributed by atoms with Crippen molar-refractivity contribution >= 4 is 16.7 Å². The first-order valence-corrected chi connectivity index (χ1v) is 3.54. The van der Waals surface area contributed by atoms with Crippen LogP contribution in [0.3, 0.4) is 0 Å². The second kappa shape index (κ2) is 2.34. The van der Waals surface area contributed by atoms with E-state index in [1.807, 2.05) is 6.07 Å². The van der Waals surface area contributed by atoms with Gasteiger partial charge in [0.05, 0.1) is 11.7 Å². The van der Waals surface area contributed by atoms with Gasteiger partial charge < -0.3 is 10.7 Å². The third kappa shape index (κ3) is 0.852. The molecule has 12 heavy (non-hydrogen) atoms. The van der Waals surface area contributed by atoms with Crippen LogP contribution < -0.4 is 5.73 Å². The van der Waals surface area contributed by atoms with Crippen LogP contribution in [0, 0.1) is 5.41 Å². The predicted molar refractivity (Wildman–Crippen MR) is 47.1 cm³/mol. The zero-order valence-corrected chi connectivity index (χ0v) is 6.33. The summed E-state index contributed by atoms with van der Waals surface area (Å²) in [6.07, 6.45) is 5.11. The third-order valence-electron chi connectivity index (χ3n) is 1.77. The van der Waals surface area contributed by atoms with Crippen LogP contribution in [0.4, 0.5) is 0 Å². The molecule has 0 radical (unpaired) electrons. The van der Waals surface area contributed by atoms with Crippen molar-refractivity contribution in [3.05, 3.63) is 30.2 Å². The minimum atomic E-state index is 0.0488. The topological polar surface area (TPSA) is 78.6 Å². The molecular formula is C8H8N4. The molecule has 0 saturated carbocycles. The van der Waals surface area contributed by atoms with Crippen molar-refractivity contribution in [3.63, 3.8) is 0 Å². The lowest BCUT2D eigenvalue weighted by Gasteiger charge is -1.97. The molecule has 0 spiro atoms. The van der Waals surface area contributed by atoms with Gasteiger partial charge in [0.1, 0.15) is 5.84 Å². The molecule has 4 heteroatoms. The molecule has 0 aromatic carbocycles. The molecular weight excluding hydrogens is 152 g/mol. The van der Waals surface area contributed by atoms with Gasteiger partial charge in [-0.05, 0) is 6.07 Å². The van der Waals surface area contributed by atoms with Gasteiger partial charge in [0.15, 0.2) is 0 Å². The Morgan fingerprint density at radius 3 is 3.08 bits per heavy atom. The molecule has 0 fully saturated rings. The Hall–Kier alpha value is -1.84. The Morgan fingerprint density at radius 1 is 1.50 bits per heavy atom. The SMILES string of the molecule is N=C(N)c1cncc2[nH]ccc12. The summed E-state index contributed by atoms with van der Waals surface area (Å²) in [6, 6.07) is 1.88. The molecule has 0 unspecified atom stereocenters.